The van der Waals surface area contributed by atoms with Crippen LogP contribution in [0.15, 0.2) is 0 Å². The average Bonchev–Trinajstić information content (AvgIpc) is 2.44. The number of aliphatic carboxylic acids is 1. The fraction of sp³-hybridized carbons (Fsp3) is 0.923. The van der Waals surface area contributed by atoms with Crippen LogP contribution in [0.1, 0.15) is 12.8 Å². The minimum atomic E-state index is -6.37. The standard InChI is InChI=1S/C13H21F7N2O5S/c1-22(2,9-10(23)24)6-3-5-21-28(25,26)8-4-7-27-11(14,12(15,16)17)13(18,19)20/h21H,3-9H2,1-2H3/p+1. The molecule has 0 spiro atoms. The lowest BCUT2D eigenvalue weighted by atomic mass is 10.3. The predicted octanol–water partition coefficient (Wildman–Crippen LogP) is 1.65. The highest BCUT2D eigenvalue weighted by molar-refractivity contribution is 7.89. The number of alkyl halides is 7. The van der Waals surface area contributed by atoms with Crippen LogP contribution in [0, 0.1) is 0 Å². The second-order valence-electron chi connectivity index (χ2n) is 6.57. The summed E-state index contributed by atoms with van der Waals surface area (Å²) in [5, 5.41) is 8.71. The fourth-order valence-electron chi connectivity index (χ4n) is 2.04. The highest BCUT2D eigenvalue weighted by Gasteiger charge is 2.74. The van der Waals surface area contributed by atoms with Crippen molar-refractivity contribution in [2.45, 2.75) is 31.0 Å². The SMILES string of the molecule is C[N+](C)(CCCNS(=O)(=O)CCCOC(F)(C(F)(F)F)C(F)(F)F)CC(=O)O. The van der Waals surface area contributed by atoms with Crippen molar-refractivity contribution in [3.05, 3.63) is 0 Å². The van der Waals surface area contributed by atoms with Gasteiger partial charge in [-0.3, -0.25) is 0 Å². The number of ether oxygens (including phenoxy) is 1. The van der Waals surface area contributed by atoms with Gasteiger partial charge < -0.3 is 14.3 Å². The van der Waals surface area contributed by atoms with E-state index in [0.29, 0.717) is 6.54 Å². The Balaban J connectivity index is 4.43. The van der Waals surface area contributed by atoms with Crippen molar-refractivity contribution in [1.82, 2.24) is 4.72 Å². The molecular weight excluding hydrogens is 429 g/mol. The number of carbonyl (C=O) groups is 1. The molecule has 0 aromatic heterocycles. The summed E-state index contributed by atoms with van der Waals surface area (Å²) in [6.45, 7) is -1.46. The Kier molecular flexibility index (Phi) is 9.13. The van der Waals surface area contributed by atoms with Gasteiger partial charge >= 0.3 is 24.2 Å². The Morgan fingerprint density at radius 1 is 1.04 bits per heavy atom. The molecule has 0 saturated carbocycles. The summed E-state index contributed by atoms with van der Waals surface area (Å²) in [7, 11) is -0.846. The van der Waals surface area contributed by atoms with E-state index >= 15 is 0 Å². The number of rotatable bonds is 12. The Bertz CT molecular complexity index is 606. The van der Waals surface area contributed by atoms with Gasteiger partial charge in [0.25, 0.3) is 0 Å². The van der Waals surface area contributed by atoms with Crippen molar-refractivity contribution >= 4 is 16.0 Å². The first kappa shape index (κ1) is 26.8. The maximum absolute atomic E-state index is 13.2. The van der Waals surface area contributed by atoms with E-state index < -0.39 is 53.0 Å². The first-order valence-corrected chi connectivity index (χ1v) is 9.46. The van der Waals surface area contributed by atoms with Crippen LogP contribution >= 0.6 is 0 Å². The number of hydrogen-bond acceptors (Lipinski definition) is 4. The summed E-state index contributed by atoms with van der Waals surface area (Å²) in [6, 6.07) is 0. The quantitative estimate of drug-likeness (QED) is 0.268. The summed E-state index contributed by atoms with van der Waals surface area (Å²) < 4.78 is 115. The molecule has 0 aliphatic carbocycles. The van der Waals surface area contributed by atoms with E-state index in [9.17, 15) is 43.9 Å². The smallest absolute Gasteiger partial charge is 0.458 e. The third kappa shape index (κ3) is 8.87. The van der Waals surface area contributed by atoms with E-state index in [1.54, 1.807) is 14.1 Å². The lowest BCUT2D eigenvalue weighted by molar-refractivity contribution is -0.883. The number of nitrogens with one attached hydrogen (secondary N) is 1. The van der Waals surface area contributed by atoms with Gasteiger partial charge in [-0.25, -0.2) is 17.9 Å². The van der Waals surface area contributed by atoms with E-state index in [1.807, 2.05) is 0 Å². The molecular formula is C13H22F7N2O5S+. The molecule has 0 aromatic rings. The third-order valence-electron chi connectivity index (χ3n) is 3.41. The van der Waals surface area contributed by atoms with Gasteiger partial charge in [0, 0.05) is 13.0 Å². The van der Waals surface area contributed by atoms with Crippen molar-refractivity contribution in [3.8, 4) is 0 Å². The Labute approximate surface area is 157 Å². The molecule has 0 aliphatic heterocycles. The normalized spacial score (nSPS) is 14.3. The molecule has 0 saturated heterocycles. The van der Waals surface area contributed by atoms with Crippen LogP contribution in [-0.4, -0.2) is 88.3 Å². The maximum Gasteiger partial charge on any atom is 0.458 e. The molecule has 0 unspecified atom stereocenters. The lowest BCUT2D eigenvalue weighted by Crippen LogP contribution is -2.55. The number of quaternary nitrogens is 1. The molecule has 0 fully saturated rings. The first-order chi connectivity index (χ1) is 12.3. The van der Waals surface area contributed by atoms with Crippen LogP contribution < -0.4 is 4.72 Å². The van der Waals surface area contributed by atoms with E-state index in [1.165, 1.54) is 0 Å². The molecule has 0 amide bonds. The zero-order chi connectivity index (χ0) is 22.4. The van der Waals surface area contributed by atoms with E-state index in [2.05, 4.69) is 9.46 Å². The molecule has 0 rings (SSSR count). The van der Waals surface area contributed by atoms with Crippen LogP contribution in [-0.2, 0) is 19.6 Å². The monoisotopic (exact) mass is 451 g/mol. The molecule has 28 heavy (non-hydrogen) atoms. The largest absolute Gasteiger partial charge is 0.477 e. The summed E-state index contributed by atoms with van der Waals surface area (Å²) in [6.07, 6.45) is -13.3. The summed E-state index contributed by atoms with van der Waals surface area (Å²) in [5.74, 6) is -7.82. The maximum atomic E-state index is 13.2. The van der Waals surface area contributed by atoms with Crippen LogP contribution in [0.2, 0.25) is 0 Å². The van der Waals surface area contributed by atoms with Crippen molar-refractivity contribution in [1.29, 1.82) is 0 Å². The topological polar surface area (TPSA) is 92.7 Å². The van der Waals surface area contributed by atoms with E-state index in [-0.39, 0.29) is 24.0 Å². The molecule has 7 nitrogen and oxygen atoms in total. The molecule has 168 valence electrons. The Hall–Kier alpha value is -1.19. The van der Waals surface area contributed by atoms with Crippen molar-refractivity contribution < 1.29 is 58.3 Å². The molecule has 0 atom stereocenters. The number of likely N-dealkylation sites (N-methyl/N-ethyl adjacent to an activating group) is 1. The highest BCUT2D eigenvalue weighted by atomic mass is 32.2. The molecule has 0 radical (unpaired) electrons. The van der Waals surface area contributed by atoms with Gasteiger partial charge in [-0.15, -0.1) is 0 Å². The Morgan fingerprint density at radius 3 is 1.96 bits per heavy atom. The van der Waals surface area contributed by atoms with Crippen LogP contribution in [0.4, 0.5) is 30.7 Å². The summed E-state index contributed by atoms with van der Waals surface area (Å²) >= 11 is 0. The van der Waals surface area contributed by atoms with E-state index in [0.717, 1.165) is 0 Å². The summed E-state index contributed by atoms with van der Waals surface area (Å²) in [5.41, 5.74) is 0. The number of halogens is 7. The van der Waals surface area contributed by atoms with E-state index in [4.69, 9.17) is 5.11 Å². The first-order valence-electron chi connectivity index (χ1n) is 7.80. The average molecular weight is 451 g/mol. The minimum Gasteiger partial charge on any atom is -0.477 e. The number of nitrogens with zero attached hydrogens (tertiary/aromatic N) is 1. The van der Waals surface area contributed by atoms with Gasteiger partial charge in [0.15, 0.2) is 6.54 Å². The molecule has 0 aliphatic rings. The van der Waals surface area contributed by atoms with Crippen molar-refractivity contribution in [3.63, 3.8) is 0 Å². The second kappa shape index (κ2) is 9.54. The number of sulfonamides is 1. The molecule has 0 bridgehead atoms. The molecule has 2 N–H and O–H groups in total. The fourth-order valence-corrected chi connectivity index (χ4v) is 3.14. The number of hydrogen-bond donors (Lipinski definition) is 2. The van der Waals surface area contributed by atoms with Gasteiger partial charge in [-0.05, 0) is 6.42 Å². The van der Waals surface area contributed by atoms with Gasteiger partial charge in [0.1, 0.15) is 0 Å². The van der Waals surface area contributed by atoms with Crippen LogP contribution in [0.25, 0.3) is 0 Å². The Morgan fingerprint density at radius 2 is 1.54 bits per heavy atom. The third-order valence-corrected chi connectivity index (χ3v) is 4.88. The second-order valence-corrected chi connectivity index (χ2v) is 8.50. The van der Waals surface area contributed by atoms with Crippen LogP contribution in [0.3, 0.4) is 0 Å². The van der Waals surface area contributed by atoms with Gasteiger partial charge in [0.2, 0.25) is 10.0 Å². The number of carboxylic acid groups (broad SMARTS) is 1. The lowest BCUT2D eigenvalue weighted by Gasteiger charge is -2.29. The van der Waals surface area contributed by atoms with Crippen molar-refractivity contribution in [2.75, 3.05) is 46.1 Å². The minimum absolute atomic E-state index is 0.0678. The zero-order valence-electron chi connectivity index (χ0n) is 15.0. The summed E-state index contributed by atoms with van der Waals surface area (Å²) in [4.78, 5) is 10.6. The highest BCUT2D eigenvalue weighted by Crippen LogP contribution is 2.46. The van der Waals surface area contributed by atoms with Gasteiger partial charge in [-0.2, -0.15) is 30.7 Å². The van der Waals surface area contributed by atoms with Gasteiger partial charge in [0.05, 0.1) is 33.0 Å². The molecule has 0 heterocycles. The number of carboxylic acids is 1. The van der Waals surface area contributed by atoms with Crippen molar-refractivity contribution in [2.24, 2.45) is 0 Å². The van der Waals surface area contributed by atoms with Crippen LogP contribution in [0.5, 0.6) is 0 Å². The zero-order valence-corrected chi connectivity index (χ0v) is 15.8. The van der Waals surface area contributed by atoms with Gasteiger partial charge in [-0.1, -0.05) is 0 Å². The molecule has 15 heteroatoms. The predicted molar refractivity (Wildman–Crippen MR) is 82.4 cm³/mol. The molecule has 0 aromatic carbocycles.